The molecule has 1 N–H and O–H groups in total. The maximum atomic E-state index is 5.36. The first kappa shape index (κ1) is 12.9. The van der Waals surface area contributed by atoms with E-state index in [0.717, 1.165) is 12.3 Å². The zero-order chi connectivity index (χ0) is 12.8. The van der Waals surface area contributed by atoms with Gasteiger partial charge in [0.2, 0.25) is 0 Å². The summed E-state index contributed by atoms with van der Waals surface area (Å²) in [6, 6.07) is 12.5. The second-order valence-corrected chi connectivity index (χ2v) is 4.37. The first-order valence-corrected chi connectivity index (χ1v) is 6.13. The molecule has 0 saturated heterocycles. The quantitative estimate of drug-likeness (QED) is 0.848. The fourth-order valence-corrected chi connectivity index (χ4v) is 1.83. The molecule has 3 heteroatoms. The fraction of sp³-hybridized carbons (Fsp3) is 0.333. The van der Waals surface area contributed by atoms with Crippen LogP contribution >= 0.6 is 0 Å². The summed E-state index contributed by atoms with van der Waals surface area (Å²) in [5.74, 6) is 0.964. The Morgan fingerprint density at radius 1 is 1.17 bits per heavy atom. The van der Waals surface area contributed by atoms with E-state index >= 15 is 0 Å². The Kier molecular flexibility index (Phi) is 4.56. The molecular weight excluding hydrogens is 226 g/mol. The Morgan fingerprint density at radius 3 is 2.50 bits per heavy atom. The summed E-state index contributed by atoms with van der Waals surface area (Å²) in [5.41, 5.74) is 2.45. The monoisotopic (exact) mass is 245 g/mol. The molecule has 2 aromatic rings. The Bertz CT molecular complexity index is 448. The van der Waals surface area contributed by atoms with Gasteiger partial charge in [-0.05, 0) is 30.2 Å². The van der Waals surface area contributed by atoms with E-state index in [-0.39, 0.29) is 6.04 Å². The Balaban J connectivity index is 1.86. The van der Waals surface area contributed by atoms with E-state index in [1.54, 1.807) is 13.4 Å². The third-order valence-electron chi connectivity index (χ3n) is 2.92. The molecule has 1 heterocycles. The molecule has 1 atom stereocenters. The van der Waals surface area contributed by atoms with E-state index in [9.17, 15) is 0 Å². The first-order valence-electron chi connectivity index (χ1n) is 6.13. The number of methoxy groups -OCH3 is 1. The summed E-state index contributed by atoms with van der Waals surface area (Å²) in [6.07, 6.45) is 1.70. The van der Waals surface area contributed by atoms with Crippen molar-refractivity contribution in [3.8, 4) is 0 Å². The molecule has 0 aliphatic carbocycles. The zero-order valence-corrected chi connectivity index (χ0v) is 10.8. The summed E-state index contributed by atoms with van der Waals surface area (Å²) in [5, 5.41) is 3.43. The van der Waals surface area contributed by atoms with Crippen LogP contribution in [0.2, 0.25) is 0 Å². The third-order valence-corrected chi connectivity index (χ3v) is 2.92. The molecule has 18 heavy (non-hydrogen) atoms. The Hall–Kier alpha value is -1.58. The lowest BCUT2D eigenvalue weighted by atomic mass is 10.1. The predicted octanol–water partition coefficient (Wildman–Crippen LogP) is 3.28. The van der Waals surface area contributed by atoms with Gasteiger partial charge in [0.1, 0.15) is 5.76 Å². The number of nitrogens with one attached hydrogen (secondary N) is 1. The van der Waals surface area contributed by atoms with Crippen LogP contribution in [0.3, 0.4) is 0 Å². The SMILES string of the molecule is COCc1ccc(CNC(C)c2ccco2)cc1. The number of furan rings is 1. The zero-order valence-electron chi connectivity index (χ0n) is 10.8. The molecule has 1 aromatic carbocycles. The first-order chi connectivity index (χ1) is 8.79. The van der Waals surface area contributed by atoms with Crippen molar-refractivity contribution in [3.63, 3.8) is 0 Å². The highest BCUT2D eigenvalue weighted by molar-refractivity contribution is 5.22. The molecule has 0 aliphatic heterocycles. The number of ether oxygens (including phenoxy) is 1. The minimum Gasteiger partial charge on any atom is -0.468 e. The van der Waals surface area contributed by atoms with Gasteiger partial charge in [-0.2, -0.15) is 0 Å². The van der Waals surface area contributed by atoms with Crippen molar-refractivity contribution >= 4 is 0 Å². The van der Waals surface area contributed by atoms with Gasteiger partial charge >= 0.3 is 0 Å². The van der Waals surface area contributed by atoms with E-state index in [4.69, 9.17) is 9.15 Å². The van der Waals surface area contributed by atoms with E-state index in [1.807, 2.05) is 12.1 Å². The van der Waals surface area contributed by atoms with Crippen LogP contribution in [0.1, 0.15) is 29.9 Å². The minimum atomic E-state index is 0.221. The minimum absolute atomic E-state index is 0.221. The molecule has 0 aliphatic rings. The van der Waals surface area contributed by atoms with Gasteiger partial charge in [-0.25, -0.2) is 0 Å². The molecule has 3 nitrogen and oxygen atoms in total. The lowest BCUT2D eigenvalue weighted by molar-refractivity contribution is 0.185. The highest BCUT2D eigenvalue weighted by atomic mass is 16.5. The largest absolute Gasteiger partial charge is 0.468 e. The van der Waals surface area contributed by atoms with Crippen molar-refractivity contribution in [3.05, 3.63) is 59.5 Å². The number of rotatable bonds is 6. The van der Waals surface area contributed by atoms with Crippen LogP contribution in [-0.4, -0.2) is 7.11 Å². The lowest BCUT2D eigenvalue weighted by Gasteiger charge is -2.11. The van der Waals surface area contributed by atoms with E-state index < -0.39 is 0 Å². The Morgan fingerprint density at radius 2 is 1.89 bits per heavy atom. The molecule has 2 rings (SSSR count). The maximum Gasteiger partial charge on any atom is 0.120 e. The van der Waals surface area contributed by atoms with Crippen LogP contribution in [0.15, 0.2) is 47.1 Å². The van der Waals surface area contributed by atoms with Gasteiger partial charge in [-0.15, -0.1) is 0 Å². The molecule has 1 unspecified atom stereocenters. The molecule has 0 fully saturated rings. The summed E-state index contributed by atoms with van der Waals surface area (Å²) < 4.78 is 10.4. The fourth-order valence-electron chi connectivity index (χ4n) is 1.83. The predicted molar refractivity (Wildman–Crippen MR) is 71.1 cm³/mol. The Labute approximate surface area is 108 Å². The van der Waals surface area contributed by atoms with Crippen LogP contribution in [0, 0.1) is 0 Å². The number of benzene rings is 1. The van der Waals surface area contributed by atoms with E-state index in [2.05, 4.69) is 36.5 Å². The number of hydrogen-bond donors (Lipinski definition) is 1. The van der Waals surface area contributed by atoms with Gasteiger partial charge in [-0.1, -0.05) is 24.3 Å². The van der Waals surface area contributed by atoms with Crippen LogP contribution in [-0.2, 0) is 17.9 Å². The third kappa shape index (κ3) is 3.45. The van der Waals surface area contributed by atoms with Crippen molar-refractivity contribution in [1.29, 1.82) is 0 Å². The number of hydrogen-bond acceptors (Lipinski definition) is 3. The van der Waals surface area contributed by atoms with Gasteiger partial charge in [0.05, 0.1) is 18.9 Å². The van der Waals surface area contributed by atoms with Crippen LogP contribution in [0.5, 0.6) is 0 Å². The summed E-state index contributed by atoms with van der Waals surface area (Å²) in [4.78, 5) is 0. The van der Waals surface area contributed by atoms with E-state index in [1.165, 1.54) is 11.1 Å². The lowest BCUT2D eigenvalue weighted by Crippen LogP contribution is -2.17. The van der Waals surface area contributed by atoms with E-state index in [0.29, 0.717) is 6.61 Å². The molecule has 0 spiro atoms. The van der Waals surface area contributed by atoms with Gasteiger partial charge in [0.15, 0.2) is 0 Å². The second kappa shape index (κ2) is 6.38. The molecule has 0 bridgehead atoms. The molecular formula is C15H19NO2. The average molecular weight is 245 g/mol. The average Bonchev–Trinajstić information content (AvgIpc) is 2.92. The van der Waals surface area contributed by atoms with Gasteiger partial charge in [0, 0.05) is 13.7 Å². The highest BCUT2D eigenvalue weighted by Gasteiger charge is 2.06. The van der Waals surface area contributed by atoms with Crippen LogP contribution in [0.25, 0.3) is 0 Å². The van der Waals surface area contributed by atoms with Crippen molar-refractivity contribution in [2.45, 2.75) is 26.1 Å². The smallest absolute Gasteiger partial charge is 0.120 e. The van der Waals surface area contributed by atoms with Gasteiger partial charge < -0.3 is 14.5 Å². The summed E-state index contributed by atoms with van der Waals surface area (Å²) in [7, 11) is 1.71. The van der Waals surface area contributed by atoms with Crippen molar-refractivity contribution in [2.24, 2.45) is 0 Å². The van der Waals surface area contributed by atoms with Gasteiger partial charge in [-0.3, -0.25) is 0 Å². The maximum absolute atomic E-state index is 5.36. The van der Waals surface area contributed by atoms with Crippen molar-refractivity contribution < 1.29 is 9.15 Å². The molecule has 0 saturated carbocycles. The standard InChI is InChI=1S/C15H19NO2/c1-12(15-4-3-9-18-15)16-10-13-5-7-14(8-6-13)11-17-2/h3-9,12,16H,10-11H2,1-2H3. The summed E-state index contributed by atoms with van der Waals surface area (Å²) >= 11 is 0. The molecule has 1 aromatic heterocycles. The van der Waals surface area contributed by atoms with Crippen molar-refractivity contribution in [1.82, 2.24) is 5.32 Å². The van der Waals surface area contributed by atoms with Gasteiger partial charge in [0.25, 0.3) is 0 Å². The van der Waals surface area contributed by atoms with Crippen molar-refractivity contribution in [2.75, 3.05) is 7.11 Å². The molecule has 0 radical (unpaired) electrons. The topological polar surface area (TPSA) is 34.4 Å². The highest BCUT2D eigenvalue weighted by Crippen LogP contribution is 2.13. The molecule has 0 amide bonds. The normalized spacial score (nSPS) is 12.6. The van der Waals surface area contributed by atoms with Crippen LogP contribution in [0.4, 0.5) is 0 Å². The second-order valence-electron chi connectivity index (χ2n) is 4.37. The van der Waals surface area contributed by atoms with Crippen LogP contribution < -0.4 is 5.32 Å². The molecule has 96 valence electrons. The summed E-state index contributed by atoms with van der Waals surface area (Å²) in [6.45, 7) is 3.59.